The van der Waals surface area contributed by atoms with Gasteiger partial charge in [-0.3, -0.25) is 14.9 Å². The first-order valence-corrected chi connectivity index (χ1v) is 8.29. The van der Waals surface area contributed by atoms with Gasteiger partial charge in [-0.2, -0.15) is 0 Å². The van der Waals surface area contributed by atoms with E-state index in [0.29, 0.717) is 6.61 Å². The summed E-state index contributed by atoms with van der Waals surface area (Å²) in [5.41, 5.74) is 1.16. The van der Waals surface area contributed by atoms with E-state index in [4.69, 9.17) is 18.9 Å². The van der Waals surface area contributed by atoms with E-state index in [9.17, 15) is 14.9 Å². The number of methoxy groups -OCH3 is 4. The molecule has 0 unspecified atom stereocenters. The van der Waals surface area contributed by atoms with Crippen LogP contribution < -0.4 is 19.5 Å². The van der Waals surface area contributed by atoms with E-state index in [0.717, 1.165) is 11.1 Å². The molecule has 1 N–H and O–H groups in total. The van der Waals surface area contributed by atoms with Crippen molar-refractivity contribution in [1.82, 2.24) is 5.32 Å². The Bertz CT molecular complexity index is 850. The van der Waals surface area contributed by atoms with E-state index in [1.165, 1.54) is 27.4 Å². The molecular formula is C19H22N2O7. The van der Waals surface area contributed by atoms with E-state index in [-0.39, 0.29) is 29.4 Å². The summed E-state index contributed by atoms with van der Waals surface area (Å²) >= 11 is 0. The normalized spacial score (nSPS) is 10.3. The fraction of sp³-hybridized carbons (Fsp3) is 0.316. The number of nitrogens with zero attached hydrogens (tertiary/aromatic N) is 1. The third-order valence-corrected chi connectivity index (χ3v) is 4.02. The zero-order chi connectivity index (χ0) is 20.7. The standard InChI is InChI=1S/C19H22N2O7/c1-25-11-13-7-5-12(6-8-13)10-20-19(22)14-9-15(26-2)17(27-3)18(28-4)16(14)21(23)24/h5-9H,10-11H2,1-4H3,(H,20,22). The molecule has 2 rings (SSSR count). The first-order valence-electron chi connectivity index (χ1n) is 8.29. The summed E-state index contributed by atoms with van der Waals surface area (Å²) in [6, 6.07) is 8.72. The van der Waals surface area contributed by atoms with E-state index >= 15 is 0 Å². The lowest BCUT2D eigenvalue weighted by Gasteiger charge is -2.15. The molecule has 9 nitrogen and oxygen atoms in total. The van der Waals surface area contributed by atoms with Crippen LogP contribution in [0.4, 0.5) is 5.69 Å². The second kappa shape index (κ2) is 9.56. The van der Waals surface area contributed by atoms with Crippen molar-refractivity contribution in [3.63, 3.8) is 0 Å². The smallest absolute Gasteiger partial charge is 0.327 e. The average Bonchev–Trinajstić information content (AvgIpc) is 2.71. The van der Waals surface area contributed by atoms with Crippen molar-refractivity contribution in [2.24, 2.45) is 0 Å². The molecule has 2 aromatic rings. The molecule has 2 aromatic carbocycles. The minimum atomic E-state index is -0.685. The van der Waals surface area contributed by atoms with Gasteiger partial charge in [-0.15, -0.1) is 0 Å². The summed E-state index contributed by atoms with van der Waals surface area (Å²) in [6.07, 6.45) is 0. The Morgan fingerprint density at radius 1 is 1.00 bits per heavy atom. The van der Waals surface area contributed by atoms with Gasteiger partial charge in [0.1, 0.15) is 5.56 Å². The van der Waals surface area contributed by atoms with Crippen LogP contribution in [0.15, 0.2) is 30.3 Å². The van der Waals surface area contributed by atoms with Gasteiger partial charge >= 0.3 is 5.69 Å². The molecule has 0 heterocycles. The number of nitro benzene ring substituents is 1. The van der Waals surface area contributed by atoms with Crippen LogP contribution in [0.5, 0.6) is 17.2 Å². The fourth-order valence-electron chi connectivity index (χ4n) is 2.69. The summed E-state index contributed by atoms with van der Waals surface area (Å²) in [4.78, 5) is 23.6. The van der Waals surface area contributed by atoms with Crippen molar-refractivity contribution in [2.75, 3.05) is 28.4 Å². The number of carbonyl (C=O) groups excluding carboxylic acids is 1. The van der Waals surface area contributed by atoms with Gasteiger partial charge in [-0.1, -0.05) is 24.3 Å². The SMILES string of the molecule is COCc1ccc(CNC(=O)c2cc(OC)c(OC)c(OC)c2[N+](=O)[O-])cc1. The van der Waals surface area contributed by atoms with Crippen molar-refractivity contribution in [3.8, 4) is 17.2 Å². The summed E-state index contributed by atoms with van der Waals surface area (Å²) < 4.78 is 20.5. The highest BCUT2D eigenvalue weighted by molar-refractivity contribution is 6.00. The summed E-state index contributed by atoms with van der Waals surface area (Å²) in [5.74, 6) is -0.617. The van der Waals surface area contributed by atoms with Gasteiger partial charge in [-0.05, 0) is 11.1 Å². The minimum absolute atomic E-state index is 0.0435. The Balaban J connectivity index is 2.32. The van der Waals surface area contributed by atoms with E-state index in [1.807, 2.05) is 24.3 Å². The van der Waals surface area contributed by atoms with Crippen molar-refractivity contribution < 1.29 is 28.7 Å². The maximum Gasteiger partial charge on any atom is 0.327 e. The predicted octanol–water partition coefficient (Wildman–Crippen LogP) is 2.70. The molecule has 0 aliphatic carbocycles. The molecule has 0 saturated heterocycles. The van der Waals surface area contributed by atoms with Gasteiger partial charge < -0.3 is 24.3 Å². The summed E-state index contributed by atoms with van der Waals surface area (Å²) in [6.45, 7) is 0.685. The summed E-state index contributed by atoms with van der Waals surface area (Å²) in [5, 5.41) is 14.3. The number of nitrogens with one attached hydrogen (secondary N) is 1. The van der Waals surface area contributed by atoms with Crippen LogP contribution in [0.2, 0.25) is 0 Å². The molecule has 0 saturated carbocycles. The van der Waals surface area contributed by atoms with Crippen LogP contribution in [0, 0.1) is 10.1 Å². The predicted molar refractivity (Wildman–Crippen MR) is 101 cm³/mol. The van der Waals surface area contributed by atoms with Gasteiger partial charge in [0.15, 0.2) is 5.75 Å². The van der Waals surface area contributed by atoms with Crippen molar-refractivity contribution in [2.45, 2.75) is 13.2 Å². The van der Waals surface area contributed by atoms with Gasteiger partial charge in [0, 0.05) is 19.7 Å². The first-order chi connectivity index (χ1) is 13.5. The number of nitro groups is 1. The monoisotopic (exact) mass is 390 g/mol. The second-order valence-electron chi connectivity index (χ2n) is 5.73. The zero-order valence-corrected chi connectivity index (χ0v) is 16.1. The molecule has 1 amide bonds. The Morgan fingerprint density at radius 2 is 1.61 bits per heavy atom. The van der Waals surface area contributed by atoms with Crippen LogP contribution in [0.1, 0.15) is 21.5 Å². The maximum atomic E-state index is 12.7. The molecule has 28 heavy (non-hydrogen) atoms. The van der Waals surface area contributed by atoms with Gasteiger partial charge in [0.05, 0.1) is 32.9 Å². The largest absolute Gasteiger partial charge is 0.493 e. The maximum absolute atomic E-state index is 12.7. The Labute approximate surface area is 162 Å². The quantitative estimate of drug-likeness (QED) is 0.518. The van der Waals surface area contributed by atoms with Crippen LogP contribution >= 0.6 is 0 Å². The van der Waals surface area contributed by atoms with Crippen LogP contribution in [-0.2, 0) is 17.9 Å². The lowest BCUT2D eigenvalue weighted by molar-refractivity contribution is -0.386. The van der Waals surface area contributed by atoms with Crippen LogP contribution in [-0.4, -0.2) is 39.3 Å². The number of rotatable bonds is 9. The molecule has 0 fully saturated rings. The minimum Gasteiger partial charge on any atom is -0.493 e. The lowest BCUT2D eigenvalue weighted by Crippen LogP contribution is -2.24. The highest BCUT2D eigenvalue weighted by Crippen LogP contribution is 2.46. The third kappa shape index (κ3) is 4.49. The van der Waals surface area contributed by atoms with Gasteiger partial charge in [-0.25, -0.2) is 0 Å². The molecule has 0 radical (unpaired) electrons. The highest BCUT2D eigenvalue weighted by atomic mass is 16.6. The molecule has 0 aliphatic heterocycles. The summed E-state index contributed by atoms with van der Waals surface area (Å²) in [7, 11) is 5.56. The third-order valence-electron chi connectivity index (χ3n) is 4.02. The second-order valence-corrected chi connectivity index (χ2v) is 5.73. The fourth-order valence-corrected chi connectivity index (χ4v) is 2.69. The number of amides is 1. The van der Waals surface area contributed by atoms with Crippen molar-refractivity contribution in [3.05, 3.63) is 57.1 Å². The van der Waals surface area contributed by atoms with E-state index < -0.39 is 16.5 Å². The highest BCUT2D eigenvalue weighted by Gasteiger charge is 2.32. The molecule has 9 heteroatoms. The van der Waals surface area contributed by atoms with Crippen molar-refractivity contribution in [1.29, 1.82) is 0 Å². The molecule has 0 bridgehead atoms. The molecule has 0 aromatic heterocycles. The molecule has 0 spiro atoms. The number of hydrogen-bond acceptors (Lipinski definition) is 7. The number of benzene rings is 2. The first kappa shape index (κ1) is 21.0. The molecule has 0 atom stereocenters. The van der Waals surface area contributed by atoms with Crippen molar-refractivity contribution >= 4 is 11.6 Å². The molecule has 0 aliphatic rings. The molecule has 150 valence electrons. The van der Waals surface area contributed by atoms with E-state index in [2.05, 4.69) is 5.32 Å². The number of ether oxygens (including phenoxy) is 4. The lowest BCUT2D eigenvalue weighted by atomic mass is 10.1. The van der Waals surface area contributed by atoms with E-state index in [1.54, 1.807) is 7.11 Å². The Hall–Kier alpha value is -3.33. The zero-order valence-electron chi connectivity index (χ0n) is 16.1. The Morgan fingerprint density at radius 3 is 2.11 bits per heavy atom. The van der Waals surface area contributed by atoms with Crippen LogP contribution in [0.3, 0.4) is 0 Å². The average molecular weight is 390 g/mol. The van der Waals surface area contributed by atoms with Gasteiger partial charge in [0.25, 0.3) is 5.91 Å². The Kier molecular flexibility index (Phi) is 7.16. The van der Waals surface area contributed by atoms with Gasteiger partial charge in [0.2, 0.25) is 11.5 Å². The topological polar surface area (TPSA) is 109 Å². The number of hydrogen-bond donors (Lipinski definition) is 1. The van der Waals surface area contributed by atoms with Crippen LogP contribution in [0.25, 0.3) is 0 Å². The number of carbonyl (C=O) groups is 1. The molecular weight excluding hydrogens is 368 g/mol.